The Hall–Kier alpha value is -2.86. The van der Waals surface area contributed by atoms with Crippen molar-refractivity contribution in [2.75, 3.05) is 10.6 Å². The fraction of sp³-hybridized carbons (Fsp3) is 0.167. The number of carbonyl (C=O) groups excluding carboxylic acids is 3. The summed E-state index contributed by atoms with van der Waals surface area (Å²) in [5.41, 5.74) is 2.21. The zero-order valence-electron chi connectivity index (χ0n) is 13.4. The maximum absolute atomic E-state index is 12.3. The summed E-state index contributed by atoms with van der Waals surface area (Å²) < 4.78 is 0. The minimum Gasteiger partial charge on any atom is -0.340 e. The summed E-state index contributed by atoms with van der Waals surface area (Å²) in [6.07, 6.45) is -0.199. The van der Waals surface area contributed by atoms with E-state index in [1.165, 1.54) is 0 Å². The lowest BCUT2D eigenvalue weighted by Gasteiger charge is -2.15. The van der Waals surface area contributed by atoms with Crippen LogP contribution in [0.5, 0.6) is 0 Å². The molecule has 0 spiro atoms. The van der Waals surface area contributed by atoms with Crippen LogP contribution >= 0.6 is 11.6 Å². The van der Waals surface area contributed by atoms with Gasteiger partial charge in [0.25, 0.3) is 5.91 Å². The van der Waals surface area contributed by atoms with E-state index in [2.05, 4.69) is 16.0 Å². The van der Waals surface area contributed by atoms with Gasteiger partial charge in [-0.3, -0.25) is 14.4 Å². The summed E-state index contributed by atoms with van der Waals surface area (Å²) in [7, 11) is 0. The van der Waals surface area contributed by atoms with E-state index in [-0.39, 0.29) is 6.42 Å². The Labute approximate surface area is 149 Å². The normalized spacial score (nSPS) is 16.3. The third-order valence-corrected chi connectivity index (χ3v) is 4.15. The third kappa shape index (κ3) is 3.80. The van der Waals surface area contributed by atoms with Crippen LogP contribution in [0.25, 0.3) is 0 Å². The van der Waals surface area contributed by atoms with E-state index in [9.17, 15) is 14.4 Å². The number of benzene rings is 2. The molecule has 0 bridgehead atoms. The van der Waals surface area contributed by atoms with E-state index in [1.54, 1.807) is 36.4 Å². The molecule has 128 valence electrons. The number of anilines is 2. The Morgan fingerprint density at radius 3 is 2.72 bits per heavy atom. The predicted octanol–water partition coefficient (Wildman–Crippen LogP) is 2.73. The van der Waals surface area contributed by atoms with E-state index in [0.717, 1.165) is 5.56 Å². The van der Waals surface area contributed by atoms with Crippen molar-refractivity contribution in [3.05, 3.63) is 58.6 Å². The maximum Gasteiger partial charge on any atom is 0.254 e. The SMILES string of the molecule is Cc1ccc(NC(=O)CC2NC(=O)c3ccccc3NC2=O)c(Cl)c1. The van der Waals surface area contributed by atoms with Gasteiger partial charge in [-0.05, 0) is 36.8 Å². The van der Waals surface area contributed by atoms with E-state index in [1.807, 2.05) is 13.0 Å². The molecule has 1 unspecified atom stereocenters. The van der Waals surface area contributed by atoms with Gasteiger partial charge in [0.05, 0.1) is 28.4 Å². The molecule has 1 heterocycles. The molecule has 1 aliphatic rings. The van der Waals surface area contributed by atoms with E-state index >= 15 is 0 Å². The number of fused-ring (bicyclic) bond motifs is 1. The van der Waals surface area contributed by atoms with Crippen molar-refractivity contribution in [1.82, 2.24) is 5.32 Å². The van der Waals surface area contributed by atoms with Crippen LogP contribution in [0.3, 0.4) is 0 Å². The van der Waals surface area contributed by atoms with Crippen LogP contribution in [0.1, 0.15) is 22.3 Å². The number of nitrogens with one attached hydrogen (secondary N) is 3. The number of hydrogen-bond acceptors (Lipinski definition) is 3. The first kappa shape index (κ1) is 17.0. The lowest BCUT2D eigenvalue weighted by Crippen LogP contribution is -2.43. The molecule has 0 fully saturated rings. The molecule has 0 saturated heterocycles. The number of rotatable bonds is 3. The molecule has 3 amide bonds. The van der Waals surface area contributed by atoms with Gasteiger partial charge >= 0.3 is 0 Å². The first-order valence-corrected chi connectivity index (χ1v) is 8.08. The first-order chi connectivity index (χ1) is 11.9. The fourth-order valence-corrected chi connectivity index (χ4v) is 2.85. The van der Waals surface area contributed by atoms with Crippen LogP contribution in [0.4, 0.5) is 11.4 Å². The molecule has 0 aromatic heterocycles. The summed E-state index contributed by atoms with van der Waals surface area (Å²) >= 11 is 6.09. The quantitative estimate of drug-likeness (QED) is 0.789. The Kier molecular flexibility index (Phi) is 4.72. The summed E-state index contributed by atoms with van der Waals surface area (Å²) in [5, 5.41) is 8.31. The molecule has 1 atom stereocenters. The average molecular weight is 358 g/mol. The smallest absolute Gasteiger partial charge is 0.254 e. The molecule has 7 heteroatoms. The van der Waals surface area contributed by atoms with Crippen molar-refractivity contribution in [2.24, 2.45) is 0 Å². The number of hydrogen-bond donors (Lipinski definition) is 3. The molecule has 0 radical (unpaired) electrons. The number of carbonyl (C=O) groups is 3. The van der Waals surface area contributed by atoms with E-state index < -0.39 is 23.8 Å². The lowest BCUT2D eigenvalue weighted by atomic mass is 10.1. The minimum absolute atomic E-state index is 0.199. The molecule has 0 saturated carbocycles. The third-order valence-electron chi connectivity index (χ3n) is 3.84. The van der Waals surface area contributed by atoms with Crippen LogP contribution in [0.15, 0.2) is 42.5 Å². The van der Waals surface area contributed by atoms with Crippen LogP contribution in [0, 0.1) is 6.92 Å². The predicted molar refractivity (Wildman–Crippen MR) is 95.8 cm³/mol. The van der Waals surface area contributed by atoms with Gasteiger partial charge in [0, 0.05) is 0 Å². The van der Waals surface area contributed by atoms with Gasteiger partial charge in [0.2, 0.25) is 11.8 Å². The Bertz CT molecular complexity index is 866. The summed E-state index contributed by atoms with van der Waals surface area (Å²) in [4.78, 5) is 36.8. The van der Waals surface area contributed by atoms with Crippen molar-refractivity contribution in [2.45, 2.75) is 19.4 Å². The first-order valence-electron chi connectivity index (χ1n) is 7.71. The largest absolute Gasteiger partial charge is 0.340 e. The number of para-hydroxylation sites is 1. The van der Waals surface area contributed by atoms with Gasteiger partial charge in [-0.2, -0.15) is 0 Å². The van der Waals surface area contributed by atoms with Gasteiger partial charge in [0.1, 0.15) is 6.04 Å². The van der Waals surface area contributed by atoms with Gasteiger partial charge < -0.3 is 16.0 Å². The molecule has 2 aromatic carbocycles. The molecule has 2 aromatic rings. The average Bonchev–Trinajstić information content (AvgIpc) is 2.68. The summed E-state index contributed by atoms with van der Waals surface area (Å²) in [6.45, 7) is 1.89. The van der Waals surface area contributed by atoms with Crippen molar-refractivity contribution in [1.29, 1.82) is 0 Å². The zero-order valence-corrected chi connectivity index (χ0v) is 14.2. The Balaban J connectivity index is 1.71. The van der Waals surface area contributed by atoms with Crippen molar-refractivity contribution in [3.63, 3.8) is 0 Å². The molecule has 3 N–H and O–H groups in total. The highest BCUT2D eigenvalue weighted by molar-refractivity contribution is 6.33. The number of halogens is 1. The van der Waals surface area contributed by atoms with E-state index in [0.29, 0.717) is 22.0 Å². The monoisotopic (exact) mass is 357 g/mol. The van der Waals surface area contributed by atoms with Crippen LogP contribution in [-0.4, -0.2) is 23.8 Å². The summed E-state index contributed by atoms with van der Waals surface area (Å²) in [5.74, 6) is -1.26. The highest BCUT2D eigenvalue weighted by Crippen LogP contribution is 2.23. The molecule has 1 aliphatic heterocycles. The molecule has 3 rings (SSSR count). The highest BCUT2D eigenvalue weighted by Gasteiger charge is 2.29. The van der Waals surface area contributed by atoms with E-state index in [4.69, 9.17) is 11.6 Å². The lowest BCUT2D eigenvalue weighted by molar-refractivity contribution is -0.122. The van der Waals surface area contributed by atoms with Crippen LogP contribution < -0.4 is 16.0 Å². The standard InChI is InChI=1S/C18H16ClN3O3/c1-10-6-7-14(12(19)8-10)20-16(23)9-15-18(25)21-13-5-3-2-4-11(13)17(24)22-15/h2-8,15H,9H2,1H3,(H,20,23)(H,21,25)(H,22,24). The second-order valence-corrected chi connectivity index (χ2v) is 6.20. The van der Waals surface area contributed by atoms with Gasteiger partial charge in [-0.1, -0.05) is 29.8 Å². The van der Waals surface area contributed by atoms with Gasteiger partial charge in [-0.15, -0.1) is 0 Å². The van der Waals surface area contributed by atoms with Crippen molar-refractivity contribution >= 4 is 40.7 Å². The Morgan fingerprint density at radius 2 is 1.96 bits per heavy atom. The maximum atomic E-state index is 12.3. The highest BCUT2D eigenvalue weighted by atomic mass is 35.5. The molecule has 25 heavy (non-hydrogen) atoms. The number of aryl methyl sites for hydroxylation is 1. The molecular formula is C18H16ClN3O3. The molecule has 0 aliphatic carbocycles. The topological polar surface area (TPSA) is 87.3 Å². The zero-order chi connectivity index (χ0) is 18.0. The van der Waals surface area contributed by atoms with Crippen LogP contribution in [-0.2, 0) is 9.59 Å². The molecular weight excluding hydrogens is 342 g/mol. The summed E-state index contributed by atoms with van der Waals surface area (Å²) in [6, 6.07) is 10.9. The van der Waals surface area contributed by atoms with Gasteiger partial charge in [-0.25, -0.2) is 0 Å². The minimum atomic E-state index is -0.968. The van der Waals surface area contributed by atoms with Crippen molar-refractivity contribution in [3.8, 4) is 0 Å². The fourth-order valence-electron chi connectivity index (χ4n) is 2.56. The van der Waals surface area contributed by atoms with Crippen molar-refractivity contribution < 1.29 is 14.4 Å². The number of amides is 3. The van der Waals surface area contributed by atoms with Crippen LogP contribution in [0.2, 0.25) is 5.02 Å². The van der Waals surface area contributed by atoms with Gasteiger partial charge in [0.15, 0.2) is 0 Å². The Morgan fingerprint density at radius 1 is 1.20 bits per heavy atom. The second kappa shape index (κ2) is 6.94. The molecule has 6 nitrogen and oxygen atoms in total. The second-order valence-electron chi connectivity index (χ2n) is 5.80.